The van der Waals surface area contributed by atoms with Crippen LogP contribution >= 0.6 is 0 Å². The third kappa shape index (κ3) is 6.98. The predicted octanol–water partition coefficient (Wildman–Crippen LogP) is 2.18. The molecule has 1 atom stereocenters. The first-order valence-electron chi connectivity index (χ1n) is 11.4. The summed E-state index contributed by atoms with van der Waals surface area (Å²) < 4.78 is 0. The lowest BCUT2D eigenvalue weighted by molar-refractivity contribution is 0.0792. The van der Waals surface area contributed by atoms with Crippen LogP contribution < -0.4 is 10.6 Å². The molecule has 6 nitrogen and oxygen atoms in total. The van der Waals surface area contributed by atoms with E-state index in [0.717, 1.165) is 58.1 Å². The molecule has 29 heavy (non-hydrogen) atoms. The summed E-state index contributed by atoms with van der Waals surface area (Å²) in [5.74, 6) is 0.909. The number of rotatable bonds is 8. The van der Waals surface area contributed by atoms with Crippen molar-refractivity contribution in [3.8, 4) is 0 Å². The van der Waals surface area contributed by atoms with Crippen molar-refractivity contribution in [2.24, 2.45) is 4.99 Å². The van der Waals surface area contributed by atoms with Crippen molar-refractivity contribution in [3.05, 3.63) is 35.4 Å². The first-order valence-corrected chi connectivity index (χ1v) is 11.4. The maximum atomic E-state index is 9.65. The summed E-state index contributed by atoms with van der Waals surface area (Å²) in [6, 6.07) is 9.44. The van der Waals surface area contributed by atoms with Crippen molar-refractivity contribution in [2.75, 3.05) is 39.3 Å². The molecule has 3 rings (SSSR count). The molecule has 6 heteroatoms. The van der Waals surface area contributed by atoms with E-state index in [0.29, 0.717) is 12.6 Å². The van der Waals surface area contributed by atoms with E-state index in [1.165, 1.54) is 30.5 Å². The highest BCUT2D eigenvalue weighted by molar-refractivity contribution is 5.79. The quantitative estimate of drug-likeness (QED) is 0.460. The SMILES string of the molecule is CCNC(=NCc1ccc(CN2CCC(O)CC2)cc1)NCC1CCCN1CC. The molecule has 3 N–H and O–H groups in total. The van der Waals surface area contributed by atoms with E-state index in [1.54, 1.807) is 0 Å². The largest absolute Gasteiger partial charge is 0.393 e. The maximum absolute atomic E-state index is 9.65. The maximum Gasteiger partial charge on any atom is 0.191 e. The Kier molecular flexibility index (Phi) is 8.77. The molecule has 162 valence electrons. The van der Waals surface area contributed by atoms with Crippen molar-refractivity contribution in [1.82, 2.24) is 20.4 Å². The molecule has 1 aromatic carbocycles. The Balaban J connectivity index is 1.48. The molecule has 0 spiro atoms. The zero-order valence-electron chi connectivity index (χ0n) is 18.2. The Bertz CT molecular complexity index is 625. The van der Waals surface area contributed by atoms with E-state index in [4.69, 9.17) is 4.99 Å². The van der Waals surface area contributed by atoms with Crippen LogP contribution in [0.4, 0.5) is 0 Å². The number of nitrogens with zero attached hydrogens (tertiary/aromatic N) is 3. The number of hydrogen-bond donors (Lipinski definition) is 3. The second-order valence-electron chi connectivity index (χ2n) is 8.32. The number of hydrogen-bond acceptors (Lipinski definition) is 4. The molecule has 0 aliphatic carbocycles. The molecule has 0 bridgehead atoms. The van der Waals surface area contributed by atoms with E-state index in [-0.39, 0.29) is 6.10 Å². The van der Waals surface area contributed by atoms with E-state index >= 15 is 0 Å². The van der Waals surface area contributed by atoms with Crippen molar-refractivity contribution in [3.63, 3.8) is 0 Å². The molecule has 0 saturated carbocycles. The minimum atomic E-state index is -0.107. The van der Waals surface area contributed by atoms with Gasteiger partial charge in [0.05, 0.1) is 12.6 Å². The molecule has 2 fully saturated rings. The van der Waals surface area contributed by atoms with Crippen LogP contribution in [0.3, 0.4) is 0 Å². The number of guanidine groups is 1. The summed E-state index contributed by atoms with van der Waals surface area (Å²) in [6.45, 7) is 12.2. The molecule has 2 saturated heterocycles. The molecule has 2 aliphatic rings. The van der Waals surface area contributed by atoms with Gasteiger partial charge < -0.3 is 15.7 Å². The minimum absolute atomic E-state index is 0.107. The third-order valence-electron chi connectivity index (χ3n) is 6.16. The van der Waals surface area contributed by atoms with Crippen LogP contribution in [-0.4, -0.2) is 72.3 Å². The fourth-order valence-electron chi connectivity index (χ4n) is 4.35. The number of aliphatic hydroxyl groups excluding tert-OH is 1. The normalized spacial score (nSPS) is 22.2. The van der Waals surface area contributed by atoms with Gasteiger partial charge in [0.2, 0.25) is 0 Å². The standard InChI is InChI=1S/C23H39N5O/c1-3-24-23(26-17-21-6-5-13-28(21)4-2)25-16-19-7-9-20(10-8-19)18-27-14-11-22(29)12-15-27/h7-10,21-22,29H,3-6,11-18H2,1-2H3,(H2,24,25,26). The van der Waals surface area contributed by atoms with Crippen LogP contribution in [0, 0.1) is 0 Å². The fraction of sp³-hybridized carbons (Fsp3) is 0.696. The van der Waals surface area contributed by atoms with E-state index in [1.807, 2.05) is 0 Å². The number of piperidine rings is 1. The average molecular weight is 402 g/mol. The summed E-state index contributed by atoms with van der Waals surface area (Å²) in [6.07, 6.45) is 4.26. The molecule has 0 radical (unpaired) electrons. The molecule has 0 aromatic heterocycles. The molecule has 1 unspecified atom stereocenters. The number of likely N-dealkylation sites (tertiary alicyclic amines) is 2. The summed E-state index contributed by atoms with van der Waals surface area (Å²) >= 11 is 0. The molecular weight excluding hydrogens is 362 g/mol. The average Bonchev–Trinajstić information content (AvgIpc) is 3.20. The van der Waals surface area contributed by atoms with Gasteiger partial charge in [0.25, 0.3) is 0 Å². The fourth-order valence-corrected chi connectivity index (χ4v) is 4.35. The van der Waals surface area contributed by atoms with Gasteiger partial charge in [0.15, 0.2) is 5.96 Å². The summed E-state index contributed by atoms with van der Waals surface area (Å²) in [4.78, 5) is 9.77. The van der Waals surface area contributed by atoms with Gasteiger partial charge >= 0.3 is 0 Å². The lowest BCUT2D eigenvalue weighted by atomic mass is 10.1. The van der Waals surface area contributed by atoms with E-state index in [9.17, 15) is 5.11 Å². The van der Waals surface area contributed by atoms with Gasteiger partial charge in [0.1, 0.15) is 0 Å². The van der Waals surface area contributed by atoms with Crippen LogP contribution in [0.25, 0.3) is 0 Å². The molecular formula is C23H39N5O. The van der Waals surface area contributed by atoms with Gasteiger partial charge in [-0.05, 0) is 56.8 Å². The molecule has 2 aliphatic heterocycles. The minimum Gasteiger partial charge on any atom is -0.393 e. The topological polar surface area (TPSA) is 63.1 Å². The first-order chi connectivity index (χ1) is 14.2. The Labute approximate surface area is 176 Å². The van der Waals surface area contributed by atoms with Gasteiger partial charge in [-0.3, -0.25) is 9.80 Å². The second-order valence-corrected chi connectivity index (χ2v) is 8.32. The van der Waals surface area contributed by atoms with Crippen molar-refractivity contribution in [1.29, 1.82) is 0 Å². The Hall–Kier alpha value is -1.63. The lowest BCUT2D eigenvalue weighted by Crippen LogP contribution is -2.44. The number of likely N-dealkylation sites (N-methyl/N-ethyl adjacent to an activating group) is 1. The highest BCUT2D eigenvalue weighted by Gasteiger charge is 2.22. The van der Waals surface area contributed by atoms with Crippen LogP contribution in [0.2, 0.25) is 0 Å². The van der Waals surface area contributed by atoms with Gasteiger partial charge in [-0.1, -0.05) is 31.2 Å². The predicted molar refractivity (Wildman–Crippen MR) is 120 cm³/mol. The van der Waals surface area contributed by atoms with E-state index < -0.39 is 0 Å². The Morgan fingerprint density at radius 3 is 2.45 bits per heavy atom. The zero-order valence-corrected chi connectivity index (χ0v) is 18.2. The number of aliphatic imine (C=N–C) groups is 1. The Morgan fingerprint density at radius 1 is 1.03 bits per heavy atom. The van der Waals surface area contributed by atoms with Crippen molar-refractivity contribution >= 4 is 5.96 Å². The van der Waals surface area contributed by atoms with Gasteiger partial charge in [-0.25, -0.2) is 4.99 Å². The number of nitrogens with one attached hydrogen (secondary N) is 2. The van der Waals surface area contributed by atoms with Crippen LogP contribution in [0.1, 0.15) is 50.7 Å². The monoisotopic (exact) mass is 401 g/mol. The lowest BCUT2D eigenvalue weighted by Gasteiger charge is -2.29. The number of aliphatic hydroxyl groups is 1. The van der Waals surface area contributed by atoms with Crippen molar-refractivity contribution < 1.29 is 5.11 Å². The molecule has 2 heterocycles. The van der Waals surface area contributed by atoms with Gasteiger partial charge in [-0.2, -0.15) is 0 Å². The molecule has 1 aromatic rings. The van der Waals surface area contributed by atoms with Crippen LogP contribution in [0.15, 0.2) is 29.3 Å². The highest BCUT2D eigenvalue weighted by atomic mass is 16.3. The smallest absolute Gasteiger partial charge is 0.191 e. The van der Waals surface area contributed by atoms with E-state index in [2.05, 4.69) is 58.5 Å². The third-order valence-corrected chi connectivity index (χ3v) is 6.16. The second kappa shape index (κ2) is 11.5. The Morgan fingerprint density at radius 2 is 1.76 bits per heavy atom. The highest BCUT2D eigenvalue weighted by Crippen LogP contribution is 2.16. The van der Waals surface area contributed by atoms with Crippen molar-refractivity contribution in [2.45, 2.75) is 64.8 Å². The molecule has 0 amide bonds. The number of benzene rings is 1. The summed E-state index contributed by atoms with van der Waals surface area (Å²) in [5.41, 5.74) is 2.57. The van der Waals surface area contributed by atoms with Gasteiger partial charge in [-0.15, -0.1) is 0 Å². The zero-order chi connectivity index (χ0) is 20.5. The van der Waals surface area contributed by atoms with Crippen LogP contribution in [-0.2, 0) is 13.1 Å². The van der Waals surface area contributed by atoms with Crippen LogP contribution in [0.5, 0.6) is 0 Å². The summed E-state index contributed by atoms with van der Waals surface area (Å²) in [7, 11) is 0. The van der Waals surface area contributed by atoms with Gasteiger partial charge in [0, 0.05) is 38.8 Å². The first kappa shape index (κ1) is 22.1. The summed E-state index contributed by atoms with van der Waals surface area (Å²) in [5, 5.41) is 16.6.